The van der Waals surface area contributed by atoms with Gasteiger partial charge in [-0.25, -0.2) is 5.01 Å². The van der Waals surface area contributed by atoms with E-state index in [9.17, 15) is 9.59 Å². The van der Waals surface area contributed by atoms with E-state index in [4.69, 9.17) is 23.2 Å². The second kappa shape index (κ2) is 6.91. The van der Waals surface area contributed by atoms with Crippen LogP contribution in [0.5, 0.6) is 0 Å². The molecule has 2 amide bonds. The van der Waals surface area contributed by atoms with E-state index in [-0.39, 0.29) is 17.2 Å². The number of amides is 2. The first-order valence-corrected chi connectivity index (χ1v) is 10.9. The van der Waals surface area contributed by atoms with Crippen molar-refractivity contribution in [3.05, 3.63) is 33.8 Å². The highest BCUT2D eigenvalue weighted by atomic mass is 35.5. The smallest absolute Gasteiger partial charge is 0.272 e. The first kappa shape index (κ1) is 20.0. The number of hydrogen-bond acceptors (Lipinski definition) is 2. The van der Waals surface area contributed by atoms with Gasteiger partial charge in [-0.15, -0.1) is 0 Å². The highest BCUT2D eigenvalue weighted by molar-refractivity contribution is 6.35. The molecule has 0 aromatic heterocycles. The van der Waals surface area contributed by atoms with Gasteiger partial charge in [0.05, 0.1) is 11.0 Å². The molecule has 4 fully saturated rings. The Hall–Kier alpha value is -1.26. The maximum Gasteiger partial charge on any atom is 0.272 e. The van der Waals surface area contributed by atoms with Gasteiger partial charge in [-0.2, -0.15) is 0 Å². The highest BCUT2D eigenvalue weighted by Crippen LogP contribution is 2.60. The van der Waals surface area contributed by atoms with E-state index in [2.05, 4.69) is 5.43 Å². The molecule has 4 nitrogen and oxygen atoms in total. The molecule has 0 unspecified atom stereocenters. The molecular weight excluding hydrogens is 395 g/mol. The fourth-order valence-electron chi connectivity index (χ4n) is 5.94. The van der Waals surface area contributed by atoms with Crippen LogP contribution >= 0.6 is 23.2 Å². The lowest BCUT2D eigenvalue weighted by molar-refractivity contribution is -0.152. The Kier molecular flexibility index (Phi) is 4.95. The van der Waals surface area contributed by atoms with Gasteiger partial charge in [0, 0.05) is 15.6 Å². The summed E-state index contributed by atoms with van der Waals surface area (Å²) in [6, 6.07) is 4.77. The van der Waals surface area contributed by atoms with Crippen LogP contribution < -0.4 is 5.43 Å². The molecule has 1 N–H and O–H groups in total. The first-order valence-electron chi connectivity index (χ1n) is 10.2. The molecule has 0 atom stereocenters. The number of carbonyl (C=O) groups is 2. The van der Waals surface area contributed by atoms with Crippen molar-refractivity contribution in [2.75, 3.05) is 0 Å². The number of halogens is 2. The Bertz CT molecular complexity index is 760. The summed E-state index contributed by atoms with van der Waals surface area (Å²) in [6.45, 7) is 5.74. The van der Waals surface area contributed by atoms with Crippen molar-refractivity contribution in [1.29, 1.82) is 0 Å². The Balaban J connectivity index is 1.59. The quantitative estimate of drug-likeness (QED) is 0.641. The average Bonchev–Trinajstić information content (AvgIpc) is 2.55. The van der Waals surface area contributed by atoms with Gasteiger partial charge in [0.25, 0.3) is 5.91 Å². The molecule has 28 heavy (non-hydrogen) atoms. The molecule has 1 aromatic rings. The van der Waals surface area contributed by atoms with Crippen LogP contribution in [0, 0.1) is 23.2 Å². The summed E-state index contributed by atoms with van der Waals surface area (Å²) >= 11 is 12.2. The lowest BCUT2D eigenvalue weighted by atomic mass is 9.49. The summed E-state index contributed by atoms with van der Waals surface area (Å²) < 4.78 is 0. The number of rotatable bonds is 2. The zero-order valence-electron chi connectivity index (χ0n) is 16.7. The molecule has 0 spiro atoms. The number of carbonyl (C=O) groups excluding carboxylic acids is 2. The molecule has 1 aromatic carbocycles. The van der Waals surface area contributed by atoms with Gasteiger partial charge in [-0.05, 0) is 95.2 Å². The minimum Gasteiger partial charge on any atom is -0.273 e. The van der Waals surface area contributed by atoms with Crippen LogP contribution in [-0.4, -0.2) is 22.4 Å². The van der Waals surface area contributed by atoms with E-state index in [0.717, 1.165) is 19.3 Å². The van der Waals surface area contributed by atoms with E-state index in [1.807, 2.05) is 20.8 Å². The summed E-state index contributed by atoms with van der Waals surface area (Å²) in [5, 5.41) is 2.25. The Morgan fingerprint density at radius 2 is 1.43 bits per heavy atom. The third kappa shape index (κ3) is 3.66. The van der Waals surface area contributed by atoms with Crippen LogP contribution in [-0.2, 0) is 4.79 Å². The number of hydrazine groups is 1. The highest BCUT2D eigenvalue weighted by Gasteiger charge is 2.55. The SMILES string of the molecule is CC(C)(C)N(NC(=O)C12CC3CC(CC(C3)C1)C2)C(=O)c1cc(Cl)cc(Cl)c1. The molecule has 0 heterocycles. The molecule has 4 saturated carbocycles. The van der Waals surface area contributed by atoms with E-state index in [0.29, 0.717) is 33.4 Å². The minimum atomic E-state index is -0.580. The summed E-state index contributed by atoms with van der Waals surface area (Å²) in [5.41, 5.74) is 2.49. The van der Waals surface area contributed by atoms with Crippen LogP contribution in [0.1, 0.15) is 69.7 Å². The molecular formula is C22H28Cl2N2O2. The number of nitrogens with zero attached hydrogens (tertiary/aromatic N) is 1. The Labute approximate surface area is 176 Å². The van der Waals surface area contributed by atoms with Crippen LogP contribution in [0.2, 0.25) is 10.0 Å². The number of nitrogens with one attached hydrogen (secondary N) is 1. The largest absolute Gasteiger partial charge is 0.273 e. The molecule has 0 aliphatic heterocycles. The summed E-state index contributed by atoms with van der Waals surface area (Å²) in [6.07, 6.45) is 6.69. The van der Waals surface area contributed by atoms with Crippen molar-refractivity contribution < 1.29 is 9.59 Å². The molecule has 5 rings (SSSR count). The molecule has 4 bridgehead atoms. The van der Waals surface area contributed by atoms with E-state index in [1.165, 1.54) is 24.3 Å². The Morgan fingerprint density at radius 1 is 0.964 bits per heavy atom. The third-order valence-electron chi connectivity index (χ3n) is 6.72. The molecule has 152 valence electrons. The van der Waals surface area contributed by atoms with Gasteiger partial charge in [0.2, 0.25) is 5.91 Å². The van der Waals surface area contributed by atoms with Crippen molar-refractivity contribution in [3.8, 4) is 0 Å². The van der Waals surface area contributed by atoms with Crippen molar-refractivity contribution in [1.82, 2.24) is 10.4 Å². The molecule has 0 saturated heterocycles. The van der Waals surface area contributed by atoms with Gasteiger partial charge in [-0.1, -0.05) is 23.2 Å². The predicted molar refractivity (Wildman–Crippen MR) is 111 cm³/mol. The van der Waals surface area contributed by atoms with Gasteiger partial charge in [0.15, 0.2) is 0 Å². The van der Waals surface area contributed by atoms with Crippen molar-refractivity contribution >= 4 is 35.0 Å². The van der Waals surface area contributed by atoms with Crippen molar-refractivity contribution in [3.63, 3.8) is 0 Å². The second-order valence-corrected chi connectivity index (χ2v) is 11.0. The third-order valence-corrected chi connectivity index (χ3v) is 7.15. The van der Waals surface area contributed by atoms with Crippen molar-refractivity contribution in [2.24, 2.45) is 23.2 Å². The molecule has 4 aliphatic carbocycles. The number of hydrogen-bond donors (Lipinski definition) is 1. The Morgan fingerprint density at radius 3 is 1.86 bits per heavy atom. The van der Waals surface area contributed by atoms with Gasteiger partial charge in [-0.3, -0.25) is 15.0 Å². The monoisotopic (exact) mass is 422 g/mol. The zero-order chi connectivity index (χ0) is 20.3. The first-order chi connectivity index (χ1) is 13.1. The second-order valence-electron chi connectivity index (χ2n) is 10.1. The van der Waals surface area contributed by atoms with Crippen LogP contribution in [0.4, 0.5) is 0 Å². The molecule has 0 radical (unpaired) electrons. The van der Waals surface area contributed by atoms with E-state index >= 15 is 0 Å². The summed E-state index contributed by atoms with van der Waals surface area (Å²) in [4.78, 5) is 26.7. The molecule has 6 heteroatoms. The zero-order valence-corrected chi connectivity index (χ0v) is 18.2. The van der Waals surface area contributed by atoms with Crippen LogP contribution in [0.15, 0.2) is 18.2 Å². The fraction of sp³-hybridized carbons (Fsp3) is 0.636. The minimum absolute atomic E-state index is 0.00278. The van der Waals surface area contributed by atoms with E-state index in [1.54, 1.807) is 18.2 Å². The van der Waals surface area contributed by atoms with Crippen molar-refractivity contribution in [2.45, 2.75) is 64.8 Å². The van der Waals surface area contributed by atoms with Gasteiger partial charge < -0.3 is 0 Å². The molecule has 4 aliphatic rings. The predicted octanol–water partition coefficient (Wildman–Crippen LogP) is 5.48. The standard InChI is InChI=1S/C22H28Cl2N2O2/c1-21(2,3)26(19(27)16-7-17(23)9-18(24)8-16)25-20(28)22-10-13-4-14(11-22)6-15(5-13)12-22/h7-9,13-15H,4-6,10-12H2,1-3H3,(H,25,28). The lowest BCUT2D eigenvalue weighted by Crippen LogP contribution is -2.61. The van der Waals surface area contributed by atoms with E-state index < -0.39 is 5.54 Å². The fourth-order valence-corrected chi connectivity index (χ4v) is 6.46. The van der Waals surface area contributed by atoms with Gasteiger partial charge in [0.1, 0.15) is 0 Å². The average molecular weight is 423 g/mol. The lowest BCUT2D eigenvalue weighted by Gasteiger charge is -2.56. The summed E-state index contributed by atoms with van der Waals surface area (Å²) in [7, 11) is 0. The maximum absolute atomic E-state index is 13.5. The van der Waals surface area contributed by atoms with Gasteiger partial charge >= 0.3 is 0 Å². The van der Waals surface area contributed by atoms with Crippen LogP contribution in [0.3, 0.4) is 0 Å². The summed E-state index contributed by atoms with van der Waals surface area (Å²) in [5.74, 6) is 1.71. The maximum atomic E-state index is 13.5. The number of benzene rings is 1. The normalized spacial score (nSPS) is 31.0. The van der Waals surface area contributed by atoms with Crippen LogP contribution in [0.25, 0.3) is 0 Å². The topological polar surface area (TPSA) is 49.4 Å².